The first-order valence-corrected chi connectivity index (χ1v) is 6.80. The average molecular weight is 351 g/mol. The maximum atomic E-state index is 12.0. The Morgan fingerprint density at radius 1 is 1.56 bits per heavy atom. The lowest BCUT2D eigenvalue weighted by molar-refractivity contribution is -0.141. The van der Waals surface area contributed by atoms with Gasteiger partial charge in [-0.2, -0.15) is 0 Å². The van der Waals surface area contributed by atoms with E-state index in [9.17, 15) is 9.59 Å². The van der Waals surface area contributed by atoms with Gasteiger partial charge in [0.25, 0.3) is 5.91 Å². The fourth-order valence-electron chi connectivity index (χ4n) is 1.75. The minimum Gasteiger partial charge on any atom is -0.481 e. The number of hydrogen-bond donors (Lipinski definition) is 1. The SMILES string of the molecule is O=C(O)C1CCN(C(=O)c2csc(I)c2)C1. The number of carbonyl (C=O) groups is 2. The highest BCUT2D eigenvalue weighted by Crippen LogP contribution is 2.22. The van der Waals surface area contributed by atoms with Crippen molar-refractivity contribution < 1.29 is 14.7 Å². The molecule has 0 aliphatic carbocycles. The molecular formula is C10H10INO3S. The number of carbonyl (C=O) groups excluding carboxylic acids is 1. The van der Waals surface area contributed by atoms with Gasteiger partial charge in [-0.05, 0) is 35.1 Å². The molecular weight excluding hydrogens is 341 g/mol. The van der Waals surface area contributed by atoms with Gasteiger partial charge < -0.3 is 10.0 Å². The summed E-state index contributed by atoms with van der Waals surface area (Å²) in [5.41, 5.74) is 0.667. The Kier molecular flexibility index (Phi) is 3.48. The largest absolute Gasteiger partial charge is 0.481 e. The number of thiophene rings is 1. The molecule has 0 saturated carbocycles. The topological polar surface area (TPSA) is 57.6 Å². The van der Waals surface area contributed by atoms with Crippen LogP contribution in [0.15, 0.2) is 11.4 Å². The number of carboxylic acids is 1. The third kappa shape index (κ3) is 2.37. The zero-order chi connectivity index (χ0) is 11.7. The maximum Gasteiger partial charge on any atom is 0.308 e. The zero-order valence-electron chi connectivity index (χ0n) is 8.35. The molecule has 1 aliphatic heterocycles. The van der Waals surface area contributed by atoms with Gasteiger partial charge in [-0.25, -0.2) is 0 Å². The van der Waals surface area contributed by atoms with Crippen molar-refractivity contribution in [2.75, 3.05) is 13.1 Å². The van der Waals surface area contributed by atoms with Crippen LogP contribution < -0.4 is 0 Å². The summed E-state index contributed by atoms with van der Waals surface area (Å²) in [7, 11) is 0. The number of likely N-dealkylation sites (tertiary alicyclic amines) is 1. The fourth-order valence-corrected chi connectivity index (χ4v) is 3.07. The highest BCUT2D eigenvalue weighted by atomic mass is 127. The molecule has 6 heteroatoms. The lowest BCUT2D eigenvalue weighted by atomic mass is 10.1. The Hall–Kier alpha value is -0.630. The number of nitrogens with zero attached hydrogens (tertiary/aromatic N) is 1. The average Bonchev–Trinajstić information content (AvgIpc) is 2.84. The van der Waals surface area contributed by atoms with Gasteiger partial charge in [-0.3, -0.25) is 9.59 Å². The second kappa shape index (κ2) is 4.70. The smallest absolute Gasteiger partial charge is 0.308 e. The van der Waals surface area contributed by atoms with Crippen molar-refractivity contribution in [3.8, 4) is 0 Å². The van der Waals surface area contributed by atoms with Gasteiger partial charge in [0, 0.05) is 18.5 Å². The van der Waals surface area contributed by atoms with Crippen LogP contribution in [-0.2, 0) is 4.79 Å². The lowest BCUT2D eigenvalue weighted by Crippen LogP contribution is -2.29. The predicted octanol–water partition coefficient (Wildman–Crippen LogP) is 1.90. The van der Waals surface area contributed by atoms with Crippen molar-refractivity contribution in [2.45, 2.75) is 6.42 Å². The highest BCUT2D eigenvalue weighted by Gasteiger charge is 2.31. The Morgan fingerprint density at radius 3 is 2.81 bits per heavy atom. The minimum atomic E-state index is -0.810. The second-order valence-corrected chi connectivity index (χ2v) is 6.52. The summed E-state index contributed by atoms with van der Waals surface area (Å²) in [6, 6.07) is 1.83. The van der Waals surface area contributed by atoms with E-state index >= 15 is 0 Å². The standard InChI is InChI=1S/C10H10INO3S/c11-8-3-7(5-16-8)9(13)12-2-1-6(4-12)10(14)15/h3,5-6H,1-2,4H2,(H,14,15). The molecule has 1 saturated heterocycles. The van der Waals surface area contributed by atoms with E-state index in [1.807, 2.05) is 11.4 Å². The van der Waals surface area contributed by atoms with Crippen LogP contribution in [0.2, 0.25) is 0 Å². The Balaban J connectivity index is 2.05. The maximum absolute atomic E-state index is 12.0. The molecule has 2 heterocycles. The molecule has 1 fully saturated rings. The summed E-state index contributed by atoms with van der Waals surface area (Å²) >= 11 is 3.69. The van der Waals surface area contributed by atoms with Crippen LogP contribution in [-0.4, -0.2) is 35.0 Å². The molecule has 1 atom stereocenters. The normalized spacial score (nSPS) is 20.1. The van der Waals surface area contributed by atoms with Gasteiger partial charge >= 0.3 is 5.97 Å². The van der Waals surface area contributed by atoms with Gasteiger partial charge in [-0.1, -0.05) is 0 Å². The molecule has 0 spiro atoms. The number of amides is 1. The monoisotopic (exact) mass is 351 g/mol. The molecule has 1 aliphatic rings. The Bertz CT molecular complexity index is 431. The third-order valence-electron chi connectivity index (χ3n) is 2.64. The highest BCUT2D eigenvalue weighted by molar-refractivity contribution is 14.1. The van der Waals surface area contributed by atoms with Crippen molar-refractivity contribution in [3.63, 3.8) is 0 Å². The first-order valence-electron chi connectivity index (χ1n) is 4.84. The summed E-state index contributed by atoms with van der Waals surface area (Å²) < 4.78 is 1.06. The van der Waals surface area contributed by atoms with Gasteiger partial charge in [0.1, 0.15) is 0 Å². The fraction of sp³-hybridized carbons (Fsp3) is 0.400. The first-order chi connectivity index (χ1) is 7.58. The third-order valence-corrected chi connectivity index (χ3v) is 4.43. The van der Waals surface area contributed by atoms with Crippen molar-refractivity contribution in [1.29, 1.82) is 0 Å². The summed E-state index contributed by atoms with van der Waals surface area (Å²) in [5, 5.41) is 10.7. The van der Waals surface area contributed by atoms with E-state index in [2.05, 4.69) is 22.6 Å². The molecule has 1 unspecified atom stereocenters. The minimum absolute atomic E-state index is 0.0529. The van der Waals surface area contributed by atoms with Crippen LogP contribution in [0.3, 0.4) is 0 Å². The van der Waals surface area contributed by atoms with E-state index < -0.39 is 11.9 Å². The number of rotatable bonds is 2. The molecule has 1 aromatic rings. The van der Waals surface area contributed by atoms with Crippen LogP contribution in [0.4, 0.5) is 0 Å². The molecule has 0 bridgehead atoms. The molecule has 16 heavy (non-hydrogen) atoms. The molecule has 0 radical (unpaired) electrons. The van der Waals surface area contributed by atoms with E-state index in [-0.39, 0.29) is 5.91 Å². The second-order valence-electron chi connectivity index (χ2n) is 3.71. The first kappa shape index (κ1) is 11.8. The number of hydrogen-bond acceptors (Lipinski definition) is 3. The van der Waals surface area contributed by atoms with E-state index in [1.165, 1.54) is 11.3 Å². The van der Waals surface area contributed by atoms with E-state index in [4.69, 9.17) is 5.11 Å². The lowest BCUT2D eigenvalue weighted by Gasteiger charge is -2.14. The number of carboxylic acid groups (broad SMARTS) is 1. The number of aliphatic carboxylic acids is 1. The van der Waals surface area contributed by atoms with Gasteiger partial charge in [0.15, 0.2) is 0 Å². The van der Waals surface area contributed by atoms with Crippen LogP contribution in [0, 0.1) is 8.80 Å². The molecule has 86 valence electrons. The van der Waals surface area contributed by atoms with Crippen LogP contribution >= 0.6 is 33.9 Å². The van der Waals surface area contributed by atoms with E-state index in [1.54, 1.807) is 4.90 Å². The molecule has 1 amide bonds. The summed E-state index contributed by atoms with van der Waals surface area (Å²) in [5.74, 6) is -1.26. The van der Waals surface area contributed by atoms with Crippen molar-refractivity contribution in [3.05, 3.63) is 19.9 Å². The summed E-state index contributed by atoms with van der Waals surface area (Å²) in [4.78, 5) is 24.4. The van der Waals surface area contributed by atoms with Gasteiger partial charge in [-0.15, -0.1) is 11.3 Å². The van der Waals surface area contributed by atoms with E-state index in [0.717, 1.165) is 2.88 Å². The Labute approximate surface area is 110 Å². The van der Waals surface area contributed by atoms with Crippen LogP contribution in [0.5, 0.6) is 0 Å². The summed E-state index contributed by atoms with van der Waals surface area (Å²) in [6.07, 6.45) is 0.558. The molecule has 4 nitrogen and oxygen atoms in total. The molecule has 2 rings (SSSR count). The van der Waals surface area contributed by atoms with Crippen molar-refractivity contribution >= 4 is 45.8 Å². The molecule has 0 aromatic carbocycles. The van der Waals surface area contributed by atoms with Crippen molar-refractivity contribution in [1.82, 2.24) is 4.90 Å². The van der Waals surface area contributed by atoms with E-state index in [0.29, 0.717) is 25.1 Å². The zero-order valence-corrected chi connectivity index (χ0v) is 11.3. The summed E-state index contributed by atoms with van der Waals surface area (Å²) in [6.45, 7) is 0.878. The predicted molar refractivity (Wildman–Crippen MR) is 68.7 cm³/mol. The quantitative estimate of drug-likeness (QED) is 0.828. The van der Waals surface area contributed by atoms with Crippen molar-refractivity contribution in [2.24, 2.45) is 5.92 Å². The molecule has 1 N–H and O–H groups in total. The Morgan fingerprint density at radius 2 is 2.31 bits per heavy atom. The van der Waals surface area contributed by atoms with Crippen LogP contribution in [0.25, 0.3) is 0 Å². The molecule has 1 aromatic heterocycles. The van der Waals surface area contributed by atoms with Crippen LogP contribution in [0.1, 0.15) is 16.8 Å². The van der Waals surface area contributed by atoms with Gasteiger partial charge in [0.2, 0.25) is 0 Å². The van der Waals surface area contributed by atoms with Gasteiger partial charge in [0.05, 0.1) is 14.4 Å². The number of halogens is 1.